The summed E-state index contributed by atoms with van der Waals surface area (Å²) in [5, 5.41) is 10.9. The number of nitrogens with zero attached hydrogens (tertiary/aromatic N) is 4. The van der Waals surface area contributed by atoms with Crippen molar-refractivity contribution < 1.29 is 9.18 Å². The van der Waals surface area contributed by atoms with Gasteiger partial charge >= 0.3 is 0 Å². The number of aryl methyl sites for hydroxylation is 1. The van der Waals surface area contributed by atoms with E-state index in [0.717, 1.165) is 37.3 Å². The van der Waals surface area contributed by atoms with E-state index in [-0.39, 0.29) is 17.6 Å². The average Bonchev–Trinajstić information content (AvgIpc) is 3.07. The molecule has 1 saturated heterocycles. The maximum atomic E-state index is 13.3. The summed E-state index contributed by atoms with van der Waals surface area (Å²) >= 11 is 0. The number of nitrogens with one attached hydrogen (secondary N) is 1. The summed E-state index contributed by atoms with van der Waals surface area (Å²) in [6.07, 6.45) is 3.52. The highest BCUT2D eigenvalue weighted by Gasteiger charge is 2.26. The molecular weight excluding hydrogens is 321 g/mol. The van der Waals surface area contributed by atoms with Gasteiger partial charge in [-0.2, -0.15) is 0 Å². The molecule has 2 aromatic rings. The van der Waals surface area contributed by atoms with Gasteiger partial charge in [0.2, 0.25) is 5.91 Å². The van der Waals surface area contributed by atoms with E-state index in [9.17, 15) is 9.18 Å². The first kappa shape index (κ1) is 17.5. The quantitative estimate of drug-likeness (QED) is 0.869. The van der Waals surface area contributed by atoms with Crippen LogP contribution in [0.3, 0.4) is 0 Å². The van der Waals surface area contributed by atoms with Crippen molar-refractivity contribution in [2.75, 3.05) is 13.1 Å². The fraction of sp³-hybridized carbons (Fsp3) is 0.500. The Morgan fingerprint density at radius 3 is 3.12 bits per heavy atom. The van der Waals surface area contributed by atoms with E-state index < -0.39 is 0 Å². The molecule has 1 aromatic carbocycles. The number of hydrogen-bond acceptors (Lipinski definition) is 4. The molecule has 2 heterocycles. The monoisotopic (exact) mass is 345 g/mol. The molecule has 134 valence electrons. The zero-order valence-electron chi connectivity index (χ0n) is 14.5. The standard InChI is InChI=1S/C18H24FN5O/c1-2-24-13-21-22-17(24)10-20-18(25)15-6-4-8-23(12-15)11-14-5-3-7-16(19)9-14/h3,5,7,9,13,15H,2,4,6,8,10-12H2,1H3,(H,20,25)/t15-/m0/s1. The minimum Gasteiger partial charge on any atom is -0.349 e. The van der Waals surface area contributed by atoms with E-state index in [2.05, 4.69) is 20.4 Å². The van der Waals surface area contributed by atoms with Gasteiger partial charge in [0.25, 0.3) is 0 Å². The Hall–Kier alpha value is -2.28. The van der Waals surface area contributed by atoms with Crippen molar-refractivity contribution in [1.29, 1.82) is 0 Å². The molecule has 25 heavy (non-hydrogen) atoms. The van der Waals surface area contributed by atoms with Crippen molar-refractivity contribution in [2.24, 2.45) is 5.92 Å². The molecule has 0 unspecified atom stereocenters. The molecule has 3 rings (SSSR count). The number of amides is 1. The zero-order chi connectivity index (χ0) is 17.6. The average molecular weight is 345 g/mol. The molecule has 1 aliphatic heterocycles. The fourth-order valence-corrected chi connectivity index (χ4v) is 3.30. The van der Waals surface area contributed by atoms with E-state index in [1.54, 1.807) is 18.5 Å². The van der Waals surface area contributed by atoms with Crippen molar-refractivity contribution in [3.05, 3.63) is 47.8 Å². The van der Waals surface area contributed by atoms with E-state index in [0.29, 0.717) is 19.6 Å². The summed E-state index contributed by atoms with van der Waals surface area (Å²) < 4.78 is 15.2. The van der Waals surface area contributed by atoms with Crippen LogP contribution in [-0.4, -0.2) is 38.7 Å². The summed E-state index contributed by atoms with van der Waals surface area (Å²) in [5.41, 5.74) is 0.942. The molecule has 0 spiro atoms. The lowest BCUT2D eigenvalue weighted by atomic mass is 9.96. The highest BCUT2D eigenvalue weighted by Crippen LogP contribution is 2.19. The number of halogens is 1. The molecule has 0 aliphatic carbocycles. The first-order valence-corrected chi connectivity index (χ1v) is 8.77. The zero-order valence-corrected chi connectivity index (χ0v) is 14.5. The van der Waals surface area contributed by atoms with Gasteiger partial charge in [-0.25, -0.2) is 4.39 Å². The van der Waals surface area contributed by atoms with Gasteiger partial charge in [-0.3, -0.25) is 9.69 Å². The molecule has 0 bridgehead atoms. The molecule has 0 radical (unpaired) electrons. The molecule has 1 amide bonds. The van der Waals surface area contributed by atoms with Crippen LogP contribution in [0.25, 0.3) is 0 Å². The van der Waals surface area contributed by atoms with Crippen molar-refractivity contribution in [3.63, 3.8) is 0 Å². The van der Waals surface area contributed by atoms with Gasteiger partial charge in [0.1, 0.15) is 12.1 Å². The van der Waals surface area contributed by atoms with Crippen LogP contribution in [0, 0.1) is 11.7 Å². The van der Waals surface area contributed by atoms with Gasteiger partial charge in [-0.15, -0.1) is 10.2 Å². The molecule has 1 aliphatic rings. The summed E-state index contributed by atoms with van der Waals surface area (Å²) in [5.74, 6) is 0.557. The fourth-order valence-electron chi connectivity index (χ4n) is 3.30. The largest absolute Gasteiger partial charge is 0.349 e. The maximum Gasteiger partial charge on any atom is 0.224 e. The number of carbonyl (C=O) groups excluding carboxylic acids is 1. The van der Waals surface area contributed by atoms with Crippen LogP contribution < -0.4 is 5.32 Å². The van der Waals surface area contributed by atoms with Gasteiger partial charge in [-0.05, 0) is 44.0 Å². The van der Waals surface area contributed by atoms with Crippen LogP contribution in [0.4, 0.5) is 4.39 Å². The number of hydrogen-bond donors (Lipinski definition) is 1. The summed E-state index contributed by atoms with van der Waals surface area (Å²) in [6, 6.07) is 6.65. The third-order valence-electron chi connectivity index (χ3n) is 4.63. The molecule has 0 saturated carbocycles. The maximum absolute atomic E-state index is 13.3. The van der Waals surface area contributed by atoms with Crippen molar-refractivity contribution >= 4 is 5.91 Å². The van der Waals surface area contributed by atoms with Crippen LogP contribution >= 0.6 is 0 Å². The number of aromatic nitrogens is 3. The second-order valence-electron chi connectivity index (χ2n) is 6.46. The predicted molar refractivity (Wildman–Crippen MR) is 91.9 cm³/mol. The van der Waals surface area contributed by atoms with Crippen molar-refractivity contribution in [3.8, 4) is 0 Å². The van der Waals surface area contributed by atoms with Crippen LogP contribution in [0.1, 0.15) is 31.2 Å². The SMILES string of the molecule is CCn1cnnc1CNC(=O)[C@H]1CCCN(Cc2cccc(F)c2)C1. The Kier molecular flexibility index (Phi) is 5.75. The van der Waals surface area contributed by atoms with Crippen LogP contribution in [0.2, 0.25) is 0 Å². The van der Waals surface area contributed by atoms with Gasteiger partial charge in [0, 0.05) is 19.6 Å². The lowest BCUT2D eigenvalue weighted by molar-refractivity contribution is -0.127. The minimum absolute atomic E-state index is 0.0414. The Morgan fingerprint density at radius 1 is 1.44 bits per heavy atom. The molecule has 1 aromatic heterocycles. The van der Waals surface area contributed by atoms with Gasteiger partial charge < -0.3 is 9.88 Å². The van der Waals surface area contributed by atoms with E-state index >= 15 is 0 Å². The Bertz CT molecular complexity index is 717. The number of carbonyl (C=O) groups is 1. The summed E-state index contributed by atoms with van der Waals surface area (Å²) in [4.78, 5) is 14.7. The third kappa shape index (κ3) is 4.63. The summed E-state index contributed by atoms with van der Waals surface area (Å²) in [7, 11) is 0. The molecule has 7 heteroatoms. The lowest BCUT2D eigenvalue weighted by Crippen LogP contribution is -2.42. The Balaban J connectivity index is 1.52. The van der Waals surface area contributed by atoms with E-state index in [1.807, 2.05) is 17.6 Å². The Morgan fingerprint density at radius 2 is 2.32 bits per heavy atom. The molecule has 1 atom stereocenters. The number of rotatable bonds is 6. The summed E-state index contributed by atoms with van der Waals surface area (Å²) in [6.45, 7) is 5.50. The van der Waals surface area contributed by atoms with Gasteiger partial charge in [0.15, 0.2) is 5.82 Å². The topological polar surface area (TPSA) is 63.1 Å². The third-order valence-corrected chi connectivity index (χ3v) is 4.63. The molecular formula is C18H24FN5O. The first-order valence-electron chi connectivity index (χ1n) is 8.77. The van der Waals surface area contributed by atoms with E-state index in [4.69, 9.17) is 0 Å². The van der Waals surface area contributed by atoms with Crippen LogP contribution in [0.15, 0.2) is 30.6 Å². The first-order chi connectivity index (χ1) is 12.2. The second kappa shape index (κ2) is 8.20. The van der Waals surface area contributed by atoms with E-state index in [1.165, 1.54) is 6.07 Å². The van der Waals surface area contributed by atoms with Crippen LogP contribution in [-0.2, 0) is 24.4 Å². The molecule has 1 fully saturated rings. The number of benzene rings is 1. The lowest BCUT2D eigenvalue weighted by Gasteiger charge is -2.32. The normalized spacial score (nSPS) is 18.2. The van der Waals surface area contributed by atoms with Gasteiger partial charge in [0.05, 0.1) is 12.5 Å². The minimum atomic E-state index is -0.219. The number of likely N-dealkylation sites (tertiary alicyclic amines) is 1. The predicted octanol–water partition coefficient (Wildman–Crippen LogP) is 1.97. The second-order valence-corrected chi connectivity index (χ2v) is 6.46. The highest BCUT2D eigenvalue weighted by atomic mass is 19.1. The van der Waals surface area contributed by atoms with Crippen molar-refractivity contribution in [2.45, 2.75) is 39.4 Å². The molecule has 1 N–H and O–H groups in total. The number of piperidine rings is 1. The highest BCUT2D eigenvalue weighted by molar-refractivity contribution is 5.78. The molecule has 6 nitrogen and oxygen atoms in total. The van der Waals surface area contributed by atoms with Gasteiger partial charge in [-0.1, -0.05) is 12.1 Å². The smallest absolute Gasteiger partial charge is 0.224 e. The van der Waals surface area contributed by atoms with Crippen LogP contribution in [0.5, 0.6) is 0 Å². The Labute approximate surface area is 147 Å². The van der Waals surface area contributed by atoms with Crippen molar-refractivity contribution in [1.82, 2.24) is 25.0 Å².